The Morgan fingerprint density at radius 2 is 1.95 bits per heavy atom. The number of hydrogen-bond acceptors (Lipinski definition) is 3. The lowest BCUT2D eigenvalue weighted by Gasteiger charge is -2.10. The van der Waals surface area contributed by atoms with Gasteiger partial charge >= 0.3 is 0 Å². The number of para-hydroxylation sites is 1. The fourth-order valence-corrected chi connectivity index (χ4v) is 2.33. The van der Waals surface area contributed by atoms with E-state index in [4.69, 9.17) is 4.74 Å². The van der Waals surface area contributed by atoms with Crippen LogP contribution in [0.3, 0.4) is 0 Å². The first kappa shape index (κ1) is 12.1. The average molecular weight is 264 g/mol. The van der Waals surface area contributed by atoms with Crippen LogP contribution in [0, 0.1) is 11.3 Å². The fraction of sp³-hybridized carbons (Fsp3) is 0.0625. The molecule has 3 rings (SSSR count). The summed E-state index contributed by atoms with van der Waals surface area (Å²) in [4.78, 5) is 0. The zero-order valence-corrected chi connectivity index (χ0v) is 10.9. The molecule has 4 heteroatoms. The maximum absolute atomic E-state index is 9.78. The summed E-state index contributed by atoms with van der Waals surface area (Å²) in [6.45, 7) is 0. The van der Waals surface area contributed by atoms with Crippen molar-refractivity contribution in [3.05, 3.63) is 54.2 Å². The summed E-state index contributed by atoms with van der Waals surface area (Å²) in [6, 6.07) is 16.7. The number of phenolic OH excluding ortho intramolecular Hbond substituents is 1. The van der Waals surface area contributed by atoms with E-state index in [1.807, 2.05) is 30.3 Å². The van der Waals surface area contributed by atoms with E-state index in [0.29, 0.717) is 17.1 Å². The Labute approximate surface area is 116 Å². The van der Waals surface area contributed by atoms with Crippen LogP contribution in [0.2, 0.25) is 0 Å². The molecule has 0 saturated carbocycles. The lowest BCUT2D eigenvalue weighted by Crippen LogP contribution is -1.97. The van der Waals surface area contributed by atoms with Crippen molar-refractivity contribution in [2.75, 3.05) is 7.11 Å². The van der Waals surface area contributed by atoms with E-state index >= 15 is 0 Å². The molecular weight excluding hydrogens is 252 g/mol. The Kier molecular flexibility index (Phi) is 2.81. The molecule has 0 radical (unpaired) electrons. The number of nitriles is 1. The summed E-state index contributed by atoms with van der Waals surface area (Å²) in [6.07, 6.45) is 0. The molecule has 0 aliphatic carbocycles. The Bertz CT molecular complexity index is 828. The quantitative estimate of drug-likeness (QED) is 0.773. The van der Waals surface area contributed by atoms with Crippen molar-refractivity contribution in [3.8, 4) is 23.3 Å². The number of phenols is 1. The molecule has 3 aromatic rings. The van der Waals surface area contributed by atoms with Crippen LogP contribution in [0.25, 0.3) is 16.6 Å². The van der Waals surface area contributed by atoms with Gasteiger partial charge in [0.1, 0.15) is 23.3 Å². The molecule has 0 aliphatic heterocycles. The zero-order valence-electron chi connectivity index (χ0n) is 10.9. The van der Waals surface area contributed by atoms with Crippen molar-refractivity contribution in [2.45, 2.75) is 0 Å². The number of ether oxygens (including phenoxy) is 1. The van der Waals surface area contributed by atoms with E-state index < -0.39 is 0 Å². The number of aromatic hydroxyl groups is 1. The van der Waals surface area contributed by atoms with E-state index in [1.165, 1.54) is 13.2 Å². The molecule has 2 aromatic carbocycles. The van der Waals surface area contributed by atoms with Crippen molar-refractivity contribution in [2.24, 2.45) is 0 Å². The first-order valence-electron chi connectivity index (χ1n) is 6.12. The minimum Gasteiger partial charge on any atom is -0.508 e. The second kappa shape index (κ2) is 4.63. The van der Waals surface area contributed by atoms with Crippen molar-refractivity contribution in [1.29, 1.82) is 5.26 Å². The Morgan fingerprint density at radius 3 is 2.70 bits per heavy atom. The van der Waals surface area contributed by atoms with Gasteiger partial charge in [-0.2, -0.15) is 5.26 Å². The molecule has 0 aliphatic rings. The van der Waals surface area contributed by atoms with Crippen LogP contribution in [0.4, 0.5) is 0 Å². The van der Waals surface area contributed by atoms with Gasteiger partial charge in [-0.1, -0.05) is 18.2 Å². The summed E-state index contributed by atoms with van der Waals surface area (Å²) in [5, 5.41) is 20.1. The standard InChI is InChI=1S/C16H12N2O2/c1-20-15-8-12(7-14(19)9-15)18-13(10-17)6-11-4-2-3-5-16(11)18/h2-9,19H,1H3. The Balaban J connectivity index is 2.34. The van der Waals surface area contributed by atoms with Crippen LogP contribution >= 0.6 is 0 Å². The van der Waals surface area contributed by atoms with Gasteiger partial charge in [-0.15, -0.1) is 0 Å². The molecule has 1 N–H and O–H groups in total. The Hall–Kier alpha value is -2.93. The first-order valence-corrected chi connectivity index (χ1v) is 6.12. The van der Waals surface area contributed by atoms with Crippen molar-refractivity contribution < 1.29 is 9.84 Å². The molecule has 0 unspecified atom stereocenters. The molecule has 0 amide bonds. The number of methoxy groups -OCH3 is 1. The van der Waals surface area contributed by atoms with Crippen LogP contribution in [0.15, 0.2) is 48.5 Å². The number of fused-ring (bicyclic) bond motifs is 1. The molecule has 0 bridgehead atoms. The predicted molar refractivity (Wildman–Crippen MR) is 76.2 cm³/mol. The van der Waals surface area contributed by atoms with Gasteiger partial charge in [0.05, 0.1) is 18.3 Å². The first-order chi connectivity index (χ1) is 9.72. The lowest BCUT2D eigenvalue weighted by molar-refractivity contribution is 0.407. The van der Waals surface area contributed by atoms with Crippen LogP contribution in [-0.4, -0.2) is 16.8 Å². The van der Waals surface area contributed by atoms with Gasteiger partial charge in [0.15, 0.2) is 0 Å². The summed E-state index contributed by atoms with van der Waals surface area (Å²) < 4.78 is 6.97. The van der Waals surface area contributed by atoms with E-state index in [-0.39, 0.29) is 5.75 Å². The number of hydrogen-bond donors (Lipinski definition) is 1. The molecule has 0 saturated heterocycles. The highest BCUT2D eigenvalue weighted by molar-refractivity contribution is 5.84. The highest BCUT2D eigenvalue weighted by atomic mass is 16.5. The van der Waals surface area contributed by atoms with Gasteiger partial charge in [0.2, 0.25) is 0 Å². The molecule has 98 valence electrons. The molecule has 1 heterocycles. The van der Waals surface area contributed by atoms with Crippen molar-refractivity contribution in [3.63, 3.8) is 0 Å². The minimum atomic E-state index is 0.0982. The van der Waals surface area contributed by atoms with E-state index in [2.05, 4.69) is 6.07 Å². The van der Waals surface area contributed by atoms with Crippen LogP contribution < -0.4 is 4.74 Å². The average Bonchev–Trinajstić information content (AvgIpc) is 2.85. The number of benzene rings is 2. The van der Waals surface area contributed by atoms with Gasteiger partial charge in [-0.05, 0) is 12.1 Å². The molecule has 4 nitrogen and oxygen atoms in total. The van der Waals surface area contributed by atoms with Gasteiger partial charge in [0.25, 0.3) is 0 Å². The van der Waals surface area contributed by atoms with Crippen LogP contribution in [0.5, 0.6) is 11.5 Å². The molecule has 0 fully saturated rings. The summed E-state index contributed by atoms with van der Waals surface area (Å²) in [5.74, 6) is 0.641. The van der Waals surface area contributed by atoms with E-state index in [0.717, 1.165) is 10.9 Å². The van der Waals surface area contributed by atoms with E-state index in [9.17, 15) is 10.4 Å². The molecular formula is C16H12N2O2. The van der Waals surface area contributed by atoms with Gasteiger partial charge in [-0.3, -0.25) is 0 Å². The van der Waals surface area contributed by atoms with Gasteiger partial charge < -0.3 is 14.4 Å². The van der Waals surface area contributed by atoms with Crippen molar-refractivity contribution in [1.82, 2.24) is 4.57 Å². The number of rotatable bonds is 2. The fourth-order valence-electron chi connectivity index (χ4n) is 2.33. The third-order valence-electron chi connectivity index (χ3n) is 3.20. The van der Waals surface area contributed by atoms with E-state index in [1.54, 1.807) is 16.7 Å². The second-order valence-corrected chi connectivity index (χ2v) is 4.42. The van der Waals surface area contributed by atoms with Crippen LogP contribution in [-0.2, 0) is 0 Å². The van der Waals surface area contributed by atoms with Crippen LogP contribution in [0.1, 0.15) is 5.69 Å². The largest absolute Gasteiger partial charge is 0.508 e. The third kappa shape index (κ3) is 1.86. The maximum Gasteiger partial charge on any atom is 0.125 e. The van der Waals surface area contributed by atoms with Gasteiger partial charge in [0, 0.05) is 23.6 Å². The topological polar surface area (TPSA) is 58.2 Å². The highest BCUT2D eigenvalue weighted by Crippen LogP contribution is 2.29. The monoisotopic (exact) mass is 264 g/mol. The SMILES string of the molecule is COc1cc(O)cc(-n2c(C#N)cc3ccccc32)c1. The van der Waals surface area contributed by atoms with Crippen molar-refractivity contribution >= 4 is 10.9 Å². The summed E-state index contributed by atoms with van der Waals surface area (Å²) in [5.41, 5.74) is 2.12. The zero-order chi connectivity index (χ0) is 14.1. The predicted octanol–water partition coefficient (Wildman–Crippen LogP) is 3.22. The smallest absolute Gasteiger partial charge is 0.125 e. The number of nitrogens with zero attached hydrogens (tertiary/aromatic N) is 2. The Morgan fingerprint density at radius 1 is 1.15 bits per heavy atom. The normalized spacial score (nSPS) is 10.4. The van der Waals surface area contributed by atoms with Gasteiger partial charge in [-0.25, -0.2) is 0 Å². The number of aromatic nitrogens is 1. The summed E-state index contributed by atoms with van der Waals surface area (Å²) >= 11 is 0. The minimum absolute atomic E-state index is 0.0982. The maximum atomic E-state index is 9.78. The summed E-state index contributed by atoms with van der Waals surface area (Å²) in [7, 11) is 1.54. The molecule has 0 atom stereocenters. The molecule has 1 aromatic heterocycles. The lowest BCUT2D eigenvalue weighted by atomic mass is 10.2. The highest BCUT2D eigenvalue weighted by Gasteiger charge is 2.11. The second-order valence-electron chi connectivity index (χ2n) is 4.42. The molecule has 0 spiro atoms. The molecule has 20 heavy (non-hydrogen) atoms. The third-order valence-corrected chi connectivity index (χ3v) is 3.20.